The van der Waals surface area contributed by atoms with E-state index in [1.54, 1.807) is 24.3 Å². The van der Waals surface area contributed by atoms with Crippen molar-refractivity contribution in [3.8, 4) is 5.75 Å². The fourth-order valence-corrected chi connectivity index (χ4v) is 2.33. The summed E-state index contributed by atoms with van der Waals surface area (Å²) in [5.74, 6) is 0.791. The molecule has 2 aromatic carbocycles. The Labute approximate surface area is 136 Å². The van der Waals surface area contributed by atoms with E-state index in [-0.39, 0.29) is 12.5 Å². The standard InChI is InChI=1S/C18H20ClNO2/c1-3-13(2)16-9-4-5-10-17(16)20-18(21)12-22-15-8-6-7-14(19)11-15/h4-11,13H,3,12H2,1-2H3,(H,20,21)/t13-/m0/s1. The van der Waals surface area contributed by atoms with Gasteiger partial charge in [0.25, 0.3) is 5.91 Å². The zero-order valence-corrected chi connectivity index (χ0v) is 13.6. The van der Waals surface area contributed by atoms with Crippen LogP contribution in [0.1, 0.15) is 31.7 Å². The van der Waals surface area contributed by atoms with Crippen molar-refractivity contribution in [1.82, 2.24) is 0 Å². The van der Waals surface area contributed by atoms with Crippen molar-refractivity contribution in [2.75, 3.05) is 11.9 Å². The van der Waals surface area contributed by atoms with Gasteiger partial charge in [-0.2, -0.15) is 0 Å². The summed E-state index contributed by atoms with van der Waals surface area (Å²) in [4.78, 5) is 12.1. The largest absolute Gasteiger partial charge is 0.484 e. The van der Waals surface area contributed by atoms with Gasteiger partial charge in [0.2, 0.25) is 0 Å². The first-order valence-electron chi connectivity index (χ1n) is 7.37. The number of nitrogens with one attached hydrogen (secondary N) is 1. The predicted octanol–water partition coefficient (Wildman–Crippen LogP) is 4.87. The zero-order valence-electron chi connectivity index (χ0n) is 12.8. The van der Waals surface area contributed by atoms with Crippen LogP contribution in [-0.2, 0) is 4.79 Å². The highest BCUT2D eigenvalue weighted by Crippen LogP contribution is 2.26. The van der Waals surface area contributed by atoms with Gasteiger partial charge >= 0.3 is 0 Å². The average Bonchev–Trinajstić information content (AvgIpc) is 2.53. The van der Waals surface area contributed by atoms with Crippen molar-refractivity contribution in [2.24, 2.45) is 0 Å². The zero-order chi connectivity index (χ0) is 15.9. The normalized spacial score (nSPS) is 11.8. The third-order valence-electron chi connectivity index (χ3n) is 3.54. The van der Waals surface area contributed by atoms with Crippen LogP contribution in [-0.4, -0.2) is 12.5 Å². The van der Waals surface area contributed by atoms with Crippen LogP contribution in [0, 0.1) is 0 Å². The molecule has 0 unspecified atom stereocenters. The molecule has 0 saturated carbocycles. The summed E-state index contributed by atoms with van der Waals surface area (Å²) in [5.41, 5.74) is 1.98. The van der Waals surface area contributed by atoms with Crippen LogP contribution in [0.5, 0.6) is 5.75 Å². The van der Waals surface area contributed by atoms with Crippen LogP contribution in [0.2, 0.25) is 5.02 Å². The van der Waals surface area contributed by atoms with Crippen LogP contribution in [0.25, 0.3) is 0 Å². The molecule has 1 N–H and O–H groups in total. The molecule has 0 radical (unpaired) electrons. The number of halogens is 1. The molecule has 0 aliphatic rings. The Morgan fingerprint density at radius 2 is 2.00 bits per heavy atom. The molecule has 0 aliphatic heterocycles. The maximum atomic E-state index is 12.1. The summed E-state index contributed by atoms with van der Waals surface area (Å²) in [7, 11) is 0. The van der Waals surface area contributed by atoms with E-state index in [2.05, 4.69) is 19.2 Å². The summed E-state index contributed by atoms with van der Waals surface area (Å²) in [5, 5.41) is 3.50. The van der Waals surface area contributed by atoms with Gasteiger partial charge in [-0.1, -0.05) is 49.7 Å². The minimum atomic E-state index is -0.185. The first-order chi connectivity index (χ1) is 10.6. The topological polar surface area (TPSA) is 38.3 Å². The first kappa shape index (κ1) is 16.4. The second-order valence-corrected chi connectivity index (χ2v) is 5.63. The van der Waals surface area contributed by atoms with Gasteiger partial charge in [-0.05, 0) is 42.2 Å². The smallest absolute Gasteiger partial charge is 0.262 e. The van der Waals surface area contributed by atoms with Crippen LogP contribution < -0.4 is 10.1 Å². The molecule has 0 aliphatic carbocycles. The molecular formula is C18H20ClNO2. The maximum Gasteiger partial charge on any atom is 0.262 e. The number of rotatable bonds is 6. The van der Waals surface area contributed by atoms with Crippen molar-refractivity contribution >= 4 is 23.2 Å². The molecule has 1 amide bonds. The molecule has 0 saturated heterocycles. The third kappa shape index (κ3) is 4.50. The van der Waals surface area contributed by atoms with E-state index in [1.807, 2.05) is 24.3 Å². The lowest BCUT2D eigenvalue weighted by molar-refractivity contribution is -0.118. The molecule has 2 aromatic rings. The summed E-state index contributed by atoms with van der Waals surface area (Å²) in [6, 6.07) is 14.9. The number of para-hydroxylation sites is 1. The molecule has 1 atom stereocenters. The minimum absolute atomic E-state index is 0.0464. The predicted molar refractivity (Wildman–Crippen MR) is 90.7 cm³/mol. The van der Waals surface area contributed by atoms with Gasteiger partial charge < -0.3 is 10.1 Å². The second-order valence-electron chi connectivity index (χ2n) is 5.19. The number of amides is 1. The van der Waals surface area contributed by atoms with Crippen LogP contribution in [0.15, 0.2) is 48.5 Å². The molecule has 0 bridgehead atoms. The Morgan fingerprint density at radius 1 is 1.23 bits per heavy atom. The van der Waals surface area contributed by atoms with Gasteiger partial charge in [-0.3, -0.25) is 4.79 Å². The van der Waals surface area contributed by atoms with Crippen molar-refractivity contribution < 1.29 is 9.53 Å². The number of carbonyl (C=O) groups excluding carboxylic acids is 1. The lowest BCUT2D eigenvalue weighted by Gasteiger charge is -2.15. The maximum absolute atomic E-state index is 12.1. The summed E-state index contributed by atoms with van der Waals surface area (Å²) < 4.78 is 5.45. The van der Waals surface area contributed by atoms with Crippen LogP contribution in [0.3, 0.4) is 0 Å². The van der Waals surface area contributed by atoms with Gasteiger partial charge in [-0.15, -0.1) is 0 Å². The number of ether oxygens (including phenoxy) is 1. The molecule has 2 rings (SSSR count). The van der Waals surface area contributed by atoms with Gasteiger partial charge in [0, 0.05) is 10.7 Å². The fourth-order valence-electron chi connectivity index (χ4n) is 2.15. The Hall–Kier alpha value is -2.00. The molecule has 22 heavy (non-hydrogen) atoms. The lowest BCUT2D eigenvalue weighted by Crippen LogP contribution is -2.21. The van der Waals surface area contributed by atoms with E-state index in [4.69, 9.17) is 16.3 Å². The number of carbonyl (C=O) groups is 1. The average molecular weight is 318 g/mol. The number of hydrogen-bond acceptors (Lipinski definition) is 2. The molecule has 116 valence electrons. The van der Waals surface area contributed by atoms with Gasteiger partial charge in [0.1, 0.15) is 5.75 Å². The highest BCUT2D eigenvalue weighted by molar-refractivity contribution is 6.30. The summed E-state index contributed by atoms with van der Waals surface area (Å²) >= 11 is 5.88. The van der Waals surface area contributed by atoms with Crippen molar-refractivity contribution in [1.29, 1.82) is 0 Å². The highest BCUT2D eigenvalue weighted by atomic mass is 35.5. The lowest BCUT2D eigenvalue weighted by atomic mass is 9.97. The van der Waals surface area contributed by atoms with Crippen molar-refractivity contribution in [3.05, 3.63) is 59.1 Å². The molecule has 0 fully saturated rings. The SMILES string of the molecule is CC[C@H](C)c1ccccc1NC(=O)COc1cccc(Cl)c1. The van der Waals surface area contributed by atoms with Gasteiger partial charge in [0.05, 0.1) is 0 Å². The van der Waals surface area contributed by atoms with Crippen molar-refractivity contribution in [3.63, 3.8) is 0 Å². The van der Waals surface area contributed by atoms with E-state index in [9.17, 15) is 4.79 Å². The van der Waals surface area contributed by atoms with E-state index < -0.39 is 0 Å². The van der Waals surface area contributed by atoms with E-state index in [0.717, 1.165) is 17.7 Å². The van der Waals surface area contributed by atoms with Gasteiger partial charge in [-0.25, -0.2) is 0 Å². The summed E-state index contributed by atoms with van der Waals surface area (Å²) in [6.45, 7) is 4.23. The molecular weight excluding hydrogens is 298 g/mol. The quantitative estimate of drug-likeness (QED) is 0.825. The fraction of sp³-hybridized carbons (Fsp3) is 0.278. The summed E-state index contributed by atoms with van der Waals surface area (Å²) in [6.07, 6.45) is 1.02. The van der Waals surface area contributed by atoms with Gasteiger partial charge in [0.15, 0.2) is 6.61 Å². The van der Waals surface area contributed by atoms with E-state index in [1.165, 1.54) is 0 Å². The minimum Gasteiger partial charge on any atom is -0.484 e. The molecule has 3 nitrogen and oxygen atoms in total. The first-order valence-corrected chi connectivity index (χ1v) is 7.75. The van der Waals surface area contributed by atoms with Crippen LogP contribution in [0.4, 0.5) is 5.69 Å². The van der Waals surface area contributed by atoms with Crippen LogP contribution >= 0.6 is 11.6 Å². The Kier molecular flexibility index (Phi) is 5.84. The Morgan fingerprint density at radius 3 is 2.73 bits per heavy atom. The monoisotopic (exact) mass is 317 g/mol. The number of hydrogen-bond donors (Lipinski definition) is 1. The van der Waals surface area contributed by atoms with E-state index in [0.29, 0.717) is 16.7 Å². The third-order valence-corrected chi connectivity index (χ3v) is 3.78. The number of benzene rings is 2. The Bertz CT molecular complexity index is 642. The molecule has 0 spiro atoms. The highest BCUT2D eigenvalue weighted by Gasteiger charge is 2.11. The second kappa shape index (κ2) is 7.85. The molecule has 4 heteroatoms. The number of anilines is 1. The Balaban J connectivity index is 1.98. The molecule has 0 aromatic heterocycles. The molecule has 0 heterocycles. The van der Waals surface area contributed by atoms with Crippen molar-refractivity contribution in [2.45, 2.75) is 26.2 Å². The van der Waals surface area contributed by atoms with E-state index >= 15 is 0 Å².